The van der Waals surface area contributed by atoms with Gasteiger partial charge in [-0.25, -0.2) is 4.39 Å². The Morgan fingerprint density at radius 3 is 2.72 bits per heavy atom. The number of amides is 1. The SMILES string of the molecule is CCN(Cc1cccc(F)c1)C(=O)C1CC1(Cl)Cl. The van der Waals surface area contributed by atoms with Gasteiger partial charge in [0.25, 0.3) is 0 Å². The van der Waals surface area contributed by atoms with Gasteiger partial charge in [-0.05, 0) is 31.0 Å². The lowest BCUT2D eigenvalue weighted by molar-refractivity contribution is -0.133. The highest BCUT2D eigenvalue weighted by Crippen LogP contribution is 2.53. The lowest BCUT2D eigenvalue weighted by Crippen LogP contribution is -2.32. The van der Waals surface area contributed by atoms with Crippen LogP contribution < -0.4 is 0 Å². The van der Waals surface area contributed by atoms with E-state index >= 15 is 0 Å². The third-order valence-corrected chi connectivity index (χ3v) is 3.92. The van der Waals surface area contributed by atoms with Crippen LogP contribution in [0.5, 0.6) is 0 Å². The van der Waals surface area contributed by atoms with Crippen LogP contribution in [-0.4, -0.2) is 21.7 Å². The molecule has 1 atom stereocenters. The Labute approximate surface area is 116 Å². The molecule has 1 saturated carbocycles. The Morgan fingerprint density at radius 2 is 2.22 bits per heavy atom. The summed E-state index contributed by atoms with van der Waals surface area (Å²) < 4.78 is 12.2. The van der Waals surface area contributed by atoms with Crippen LogP contribution in [0.1, 0.15) is 18.9 Å². The molecule has 1 amide bonds. The van der Waals surface area contributed by atoms with E-state index in [-0.39, 0.29) is 17.6 Å². The maximum absolute atomic E-state index is 13.1. The molecule has 0 spiro atoms. The van der Waals surface area contributed by atoms with Crippen LogP contribution in [-0.2, 0) is 11.3 Å². The molecule has 1 aliphatic carbocycles. The second kappa shape index (κ2) is 5.06. The highest BCUT2D eigenvalue weighted by Gasteiger charge is 2.57. The van der Waals surface area contributed by atoms with Gasteiger partial charge in [-0.3, -0.25) is 4.79 Å². The molecule has 2 nitrogen and oxygen atoms in total. The average Bonchev–Trinajstić information content (AvgIpc) is 2.94. The van der Waals surface area contributed by atoms with E-state index in [0.29, 0.717) is 19.5 Å². The molecule has 1 unspecified atom stereocenters. The third-order valence-electron chi connectivity index (χ3n) is 3.08. The summed E-state index contributed by atoms with van der Waals surface area (Å²) in [6, 6.07) is 6.23. The zero-order valence-electron chi connectivity index (χ0n) is 10.00. The van der Waals surface area contributed by atoms with Crippen LogP contribution in [0.2, 0.25) is 0 Å². The van der Waals surface area contributed by atoms with Crippen molar-refractivity contribution in [3.05, 3.63) is 35.6 Å². The second-order valence-electron chi connectivity index (χ2n) is 4.50. The van der Waals surface area contributed by atoms with Gasteiger partial charge in [0.2, 0.25) is 5.91 Å². The largest absolute Gasteiger partial charge is 0.338 e. The summed E-state index contributed by atoms with van der Waals surface area (Å²) in [4.78, 5) is 13.7. The Balaban J connectivity index is 2.04. The van der Waals surface area contributed by atoms with Crippen molar-refractivity contribution >= 4 is 29.1 Å². The molecule has 2 rings (SSSR count). The number of nitrogens with zero attached hydrogens (tertiary/aromatic N) is 1. The normalized spacial score (nSPS) is 20.6. The Bertz CT molecular complexity index is 464. The monoisotopic (exact) mass is 289 g/mol. The van der Waals surface area contributed by atoms with Gasteiger partial charge in [-0.15, -0.1) is 23.2 Å². The number of halogens is 3. The van der Waals surface area contributed by atoms with E-state index in [9.17, 15) is 9.18 Å². The molecule has 0 bridgehead atoms. The van der Waals surface area contributed by atoms with Crippen LogP contribution in [0.25, 0.3) is 0 Å². The fraction of sp³-hybridized carbons (Fsp3) is 0.462. The summed E-state index contributed by atoms with van der Waals surface area (Å²) in [5.41, 5.74) is 0.764. The molecule has 0 saturated heterocycles. The van der Waals surface area contributed by atoms with E-state index in [2.05, 4.69) is 0 Å². The van der Waals surface area contributed by atoms with Crippen molar-refractivity contribution in [3.63, 3.8) is 0 Å². The maximum atomic E-state index is 13.1. The Hall–Kier alpha value is -0.800. The number of benzene rings is 1. The number of carbonyl (C=O) groups is 1. The van der Waals surface area contributed by atoms with Gasteiger partial charge in [-0.2, -0.15) is 0 Å². The van der Waals surface area contributed by atoms with Gasteiger partial charge in [0, 0.05) is 13.1 Å². The molecule has 0 aromatic heterocycles. The quantitative estimate of drug-likeness (QED) is 0.779. The number of rotatable bonds is 4. The summed E-state index contributed by atoms with van der Waals surface area (Å²) in [5.74, 6) is -0.687. The van der Waals surface area contributed by atoms with Gasteiger partial charge in [0.1, 0.15) is 10.2 Å². The van der Waals surface area contributed by atoms with Gasteiger partial charge < -0.3 is 4.90 Å². The minimum atomic E-state index is -0.910. The maximum Gasteiger partial charge on any atom is 0.229 e. The van der Waals surface area contributed by atoms with E-state index in [1.54, 1.807) is 17.0 Å². The topological polar surface area (TPSA) is 20.3 Å². The fourth-order valence-electron chi connectivity index (χ4n) is 1.90. The van der Waals surface area contributed by atoms with E-state index in [0.717, 1.165) is 5.56 Å². The van der Waals surface area contributed by atoms with Gasteiger partial charge >= 0.3 is 0 Å². The molecule has 0 N–H and O–H groups in total. The van der Waals surface area contributed by atoms with Crippen LogP contribution in [0, 0.1) is 11.7 Å². The van der Waals surface area contributed by atoms with Crippen LogP contribution in [0.4, 0.5) is 4.39 Å². The standard InChI is InChI=1S/C13H14Cl2FNO/c1-2-17(12(18)11-7-13(11,14)15)8-9-4-3-5-10(16)6-9/h3-6,11H,2,7-8H2,1H3. The summed E-state index contributed by atoms with van der Waals surface area (Å²) in [6.07, 6.45) is 0.495. The molecule has 0 heterocycles. The summed E-state index contributed by atoms with van der Waals surface area (Å²) >= 11 is 11.8. The van der Waals surface area contributed by atoms with Crippen molar-refractivity contribution < 1.29 is 9.18 Å². The first-order valence-corrected chi connectivity index (χ1v) is 6.60. The average molecular weight is 290 g/mol. The predicted octanol–water partition coefficient (Wildman–Crippen LogP) is 3.37. The van der Waals surface area contributed by atoms with E-state index in [4.69, 9.17) is 23.2 Å². The molecule has 1 fully saturated rings. The van der Waals surface area contributed by atoms with Crippen LogP contribution >= 0.6 is 23.2 Å². The summed E-state index contributed by atoms with van der Waals surface area (Å²) in [7, 11) is 0. The van der Waals surface area contributed by atoms with Crippen molar-refractivity contribution in [2.24, 2.45) is 5.92 Å². The van der Waals surface area contributed by atoms with Gasteiger partial charge in [0.15, 0.2) is 0 Å². The zero-order chi connectivity index (χ0) is 13.3. The summed E-state index contributed by atoms with van der Waals surface area (Å²) in [6.45, 7) is 2.81. The number of carbonyl (C=O) groups excluding carboxylic acids is 1. The van der Waals surface area contributed by atoms with E-state index in [1.807, 2.05) is 6.92 Å². The highest BCUT2D eigenvalue weighted by molar-refractivity contribution is 6.52. The van der Waals surface area contributed by atoms with Crippen LogP contribution in [0.15, 0.2) is 24.3 Å². The third kappa shape index (κ3) is 2.96. The van der Waals surface area contributed by atoms with Crippen molar-refractivity contribution in [1.82, 2.24) is 4.90 Å². The van der Waals surface area contributed by atoms with Crippen molar-refractivity contribution in [2.75, 3.05) is 6.54 Å². The molecule has 0 aliphatic heterocycles. The molecule has 1 aromatic carbocycles. The molecule has 18 heavy (non-hydrogen) atoms. The number of alkyl halides is 2. The molecule has 0 radical (unpaired) electrons. The number of hydrogen-bond donors (Lipinski definition) is 0. The fourth-order valence-corrected chi connectivity index (χ4v) is 2.40. The first kappa shape index (κ1) is 13.6. The highest BCUT2D eigenvalue weighted by atomic mass is 35.5. The van der Waals surface area contributed by atoms with Crippen molar-refractivity contribution in [1.29, 1.82) is 0 Å². The minimum absolute atomic E-state index is 0.0632. The molecular formula is C13H14Cl2FNO. The first-order valence-electron chi connectivity index (χ1n) is 5.85. The lowest BCUT2D eigenvalue weighted by Gasteiger charge is -2.21. The molecular weight excluding hydrogens is 276 g/mol. The van der Waals surface area contributed by atoms with Gasteiger partial charge in [-0.1, -0.05) is 12.1 Å². The van der Waals surface area contributed by atoms with E-state index < -0.39 is 4.33 Å². The minimum Gasteiger partial charge on any atom is -0.338 e. The van der Waals surface area contributed by atoms with E-state index in [1.165, 1.54) is 12.1 Å². The summed E-state index contributed by atoms with van der Waals surface area (Å²) in [5, 5.41) is 0. The number of hydrogen-bond acceptors (Lipinski definition) is 1. The lowest BCUT2D eigenvalue weighted by atomic mass is 10.2. The molecule has 1 aromatic rings. The smallest absolute Gasteiger partial charge is 0.229 e. The van der Waals surface area contributed by atoms with Crippen LogP contribution in [0.3, 0.4) is 0 Å². The Morgan fingerprint density at radius 1 is 1.56 bits per heavy atom. The zero-order valence-corrected chi connectivity index (χ0v) is 11.5. The first-order chi connectivity index (χ1) is 8.44. The molecule has 5 heteroatoms. The second-order valence-corrected chi connectivity index (χ2v) is 6.04. The molecule has 98 valence electrons. The van der Waals surface area contributed by atoms with Crippen molar-refractivity contribution in [2.45, 2.75) is 24.2 Å². The Kier molecular flexibility index (Phi) is 3.83. The molecule has 1 aliphatic rings. The predicted molar refractivity (Wildman–Crippen MR) is 70.0 cm³/mol. The van der Waals surface area contributed by atoms with Crippen molar-refractivity contribution in [3.8, 4) is 0 Å². The van der Waals surface area contributed by atoms with Gasteiger partial charge in [0.05, 0.1) is 5.92 Å².